The van der Waals surface area contributed by atoms with Crippen molar-refractivity contribution < 1.29 is 4.79 Å². The number of thiophene rings is 1. The lowest BCUT2D eigenvalue weighted by molar-refractivity contribution is 0.0946. The Morgan fingerprint density at radius 2 is 2.29 bits per heavy atom. The second kappa shape index (κ2) is 4.97. The topological polar surface area (TPSA) is 68.0 Å². The number of nitrogen functional groups attached to an aromatic ring is 1. The smallest absolute Gasteiger partial charge is 0.270 e. The summed E-state index contributed by atoms with van der Waals surface area (Å²) in [6, 6.07) is 5.32. The van der Waals surface area contributed by atoms with E-state index in [2.05, 4.69) is 10.3 Å². The van der Waals surface area contributed by atoms with Crippen molar-refractivity contribution >= 4 is 22.9 Å². The van der Waals surface area contributed by atoms with Gasteiger partial charge in [0.05, 0.1) is 18.4 Å². The third kappa shape index (κ3) is 2.82. The van der Waals surface area contributed by atoms with Crippen LogP contribution in [0.15, 0.2) is 29.8 Å². The first kappa shape index (κ1) is 11.6. The molecule has 3 N–H and O–H groups in total. The summed E-state index contributed by atoms with van der Waals surface area (Å²) >= 11 is 1.63. The number of rotatable bonds is 3. The van der Waals surface area contributed by atoms with E-state index in [0.717, 1.165) is 4.88 Å². The van der Waals surface area contributed by atoms with Crippen molar-refractivity contribution in [1.82, 2.24) is 10.3 Å². The van der Waals surface area contributed by atoms with Crippen LogP contribution in [0.3, 0.4) is 0 Å². The molecule has 0 spiro atoms. The molecule has 2 aromatic rings. The van der Waals surface area contributed by atoms with Crippen LogP contribution in [0.1, 0.15) is 20.9 Å². The van der Waals surface area contributed by atoms with Crippen LogP contribution < -0.4 is 11.1 Å². The number of carbonyl (C=O) groups excluding carboxylic acids is 1. The van der Waals surface area contributed by atoms with Gasteiger partial charge >= 0.3 is 0 Å². The molecule has 0 aliphatic rings. The van der Waals surface area contributed by atoms with Gasteiger partial charge in [-0.2, -0.15) is 0 Å². The molecule has 0 atom stereocenters. The molecule has 5 heteroatoms. The summed E-state index contributed by atoms with van der Waals surface area (Å²) in [7, 11) is 0. The molecule has 0 unspecified atom stereocenters. The third-order valence-corrected chi connectivity index (χ3v) is 3.42. The summed E-state index contributed by atoms with van der Waals surface area (Å²) in [6.45, 7) is 2.56. The van der Waals surface area contributed by atoms with Crippen LogP contribution in [0.2, 0.25) is 0 Å². The average Bonchev–Trinajstić information content (AvgIpc) is 2.73. The summed E-state index contributed by atoms with van der Waals surface area (Å²) in [5.74, 6) is -0.183. The van der Waals surface area contributed by atoms with E-state index in [-0.39, 0.29) is 5.91 Å². The van der Waals surface area contributed by atoms with Gasteiger partial charge in [0.25, 0.3) is 5.91 Å². The largest absolute Gasteiger partial charge is 0.397 e. The first-order chi connectivity index (χ1) is 8.16. The summed E-state index contributed by atoms with van der Waals surface area (Å²) in [5, 5.41) is 4.84. The highest BCUT2D eigenvalue weighted by atomic mass is 32.1. The van der Waals surface area contributed by atoms with Crippen molar-refractivity contribution in [3.63, 3.8) is 0 Å². The van der Waals surface area contributed by atoms with Crippen molar-refractivity contribution in [2.45, 2.75) is 13.5 Å². The van der Waals surface area contributed by atoms with Crippen molar-refractivity contribution in [2.75, 3.05) is 5.73 Å². The van der Waals surface area contributed by atoms with Gasteiger partial charge in [0.15, 0.2) is 0 Å². The minimum atomic E-state index is -0.183. The van der Waals surface area contributed by atoms with Gasteiger partial charge < -0.3 is 11.1 Å². The number of anilines is 1. The lowest BCUT2D eigenvalue weighted by atomic mass is 10.3. The summed E-state index contributed by atoms with van der Waals surface area (Å²) in [6.07, 6.45) is 1.48. The Kier molecular flexibility index (Phi) is 3.39. The van der Waals surface area contributed by atoms with Gasteiger partial charge in [-0.1, -0.05) is 0 Å². The molecule has 0 aromatic carbocycles. The van der Waals surface area contributed by atoms with Gasteiger partial charge in [-0.05, 0) is 36.1 Å². The van der Waals surface area contributed by atoms with E-state index in [1.54, 1.807) is 23.5 Å². The molecular weight excluding hydrogens is 234 g/mol. The van der Waals surface area contributed by atoms with E-state index in [1.807, 2.05) is 18.4 Å². The standard InChI is InChI=1S/C12H13N3OS/c1-8-4-5-17-11(8)7-15-12(16)10-3-2-9(13)6-14-10/h2-6H,7,13H2,1H3,(H,15,16). The number of nitrogens with one attached hydrogen (secondary N) is 1. The maximum atomic E-state index is 11.8. The molecule has 0 aliphatic carbocycles. The quantitative estimate of drug-likeness (QED) is 0.871. The monoisotopic (exact) mass is 247 g/mol. The Balaban J connectivity index is 1.98. The Hall–Kier alpha value is -1.88. The highest BCUT2D eigenvalue weighted by Gasteiger charge is 2.07. The molecular formula is C12H13N3OS. The zero-order valence-corrected chi connectivity index (χ0v) is 10.3. The fourth-order valence-electron chi connectivity index (χ4n) is 1.38. The van der Waals surface area contributed by atoms with Crippen molar-refractivity contribution in [2.24, 2.45) is 0 Å². The number of aromatic nitrogens is 1. The molecule has 88 valence electrons. The molecule has 1 amide bonds. The maximum absolute atomic E-state index is 11.8. The second-order valence-electron chi connectivity index (χ2n) is 3.69. The summed E-state index contributed by atoms with van der Waals surface area (Å²) < 4.78 is 0. The highest BCUT2D eigenvalue weighted by molar-refractivity contribution is 7.10. The first-order valence-electron chi connectivity index (χ1n) is 5.19. The average molecular weight is 247 g/mol. The molecule has 0 saturated heterocycles. The minimum absolute atomic E-state index is 0.183. The minimum Gasteiger partial charge on any atom is -0.397 e. The fourth-order valence-corrected chi connectivity index (χ4v) is 2.22. The molecule has 0 bridgehead atoms. The number of hydrogen-bond donors (Lipinski definition) is 2. The Labute approximate surface area is 103 Å². The van der Waals surface area contributed by atoms with Crippen LogP contribution in [0, 0.1) is 6.92 Å². The summed E-state index contributed by atoms with van der Waals surface area (Å²) in [4.78, 5) is 16.9. The molecule has 2 heterocycles. The van der Waals surface area contributed by atoms with Gasteiger partial charge in [-0.15, -0.1) is 11.3 Å². The molecule has 2 rings (SSSR count). The van der Waals surface area contributed by atoms with Crippen LogP contribution in [0.5, 0.6) is 0 Å². The molecule has 0 fully saturated rings. The predicted molar refractivity (Wildman–Crippen MR) is 68.9 cm³/mol. The molecule has 4 nitrogen and oxygen atoms in total. The molecule has 2 aromatic heterocycles. The lowest BCUT2D eigenvalue weighted by Crippen LogP contribution is -2.23. The van der Waals surface area contributed by atoms with Gasteiger partial charge in [0, 0.05) is 4.88 Å². The van der Waals surface area contributed by atoms with Crippen molar-refractivity contribution in [1.29, 1.82) is 0 Å². The number of aryl methyl sites for hydroxylation is 1. The fraction of sp³-hybridized carbons (Fsp3) is 0.167. The number of pyridine rings is 1. The highest BCUT2D eigenvalue weighted by Crippen LogP contribution is 2.14. The van der Waals surface area contributed by atoms with E-state index >= 15 is 0 Å². The van der Waals surface area contributed by atoms with Crippen LogP contribution >= 0.6 is 11.3 Å². The van der Waals surface area contributed by atoms with Crippen molar-refractivity contribution in [3.8, 4) is 0 Å². The predicted octanol–water partition coefficient (Wildman–Crippen LogP) is 1.96. The zero-order valence-electron chi connectivity index (χ0n) is 9.43. The summed E-state index contributed by atoms with van der Waals surface area (Å²) in [5.41, 5.74) is 7.63. The SMILES string of the molecule is Cc1ccsc1CNC(=O)c1ccc(N)cn1. The van der Waals surface area contributed by atoms with E-state index in [9.17, 15) is 4.79 Å². The van der Waals surface area contributed by atoms with Gasteiger partial charge in [-0.3, -0.25) is 4.79 Å². The van der Waals surface area contributed by atoms with Crippen LogP contribution in [0.4, 0.5) is 5.69 Å². The maximum Gasteiger partial charge on any atom is 0.270 e. The van der Waals surface area contributed by atoms with Crippen LogP contribution in [0.25, 0.3) is 0 Å². The Bertz CT molecular complexity index is 519. The van der Waals surface area contributed by atoms with Crippen LogP contribution in [-0.2, 0) is 6.54 Å². The van der Waals surface area contributed by atoms with E-state index in [4.69, 9.17) is 5.73 Å². The van der Waals surface area contributed by atoms with E-state index in [0.29, 0.717) is 17.9 Å². The lowest BCUT2D eigenvalue weighted by Gasteiger charge is -2.04. The zero-order chi connectivity index (χ0) is 12.3. The molecule has 17 heavy (non-hydrogen) atoms. The van der Waals surface area contributed by atoms with Gasteiger partial charge in [-0.25, -0.2) is 4.98 Å². The third-order valence-electron chi connectivity index (χ3n) is 2.40. The molecule has 0 saturated carbocycles. The number of nitrogens with two attached hydrogens (primary N) is 1. The van der Waals surface area contributed by atoms with Crippen molar-refractivity contribution in [3.05, 3.63) is 45.9 Å². The number of nitrogens with zero attached hydrogens (tertiary/aromatic N) is 1. The number of hydrogen-bond acceptors (Lipinski definition) is 4. The van der Waals surface area contributed by atoms with Gasteiger partial charge in [0.1, 0.15) is 5.69 Å². The number of amides is 1. The normalized spacial score (nSPS) is 10.2. The second-order valence-corrected chi connectivity index (χ2v) is 4.69. The van der Waals surface area contributed by atoms with Gasteiger partial charge in [0.2, 0.25) is 0 Å². The van der Waals surface area contributed by atoms with E-state index in [1.165, 1.54) is 11.8 Å². The Morgan fingerprint density at radius 1 is 1.47 bits per heavy atom. The van der Waals surface area contributed by atoms with Crippen LogP contribution in [-0.4, -0.2) is 10.9 Å². The Morgan fingerprint density at radius 3 is 2.88 bits per heavy atom. The van der Waals surface area contributed by atoms with E-state index < -0.39 is 0 Å². The molecule has 0 aliphatic heterocycles. The number of carbonyl (C=O) groups is 1. The molecule has 0 radical (unpaired) electrons. The first-order valence-corrected chi connectivity index (χ1v) is 6.07.